The first-order chi connectivity index (χ1) is 13.0. The summed E-state index contributed by atoms with van der Waals surface area (Å²) in [4.78, 5) is 15.6. The van der Waals surface area contributed by atoms with Crippen LogP contribution in [0.3, 0.4) is 0 Å². The van der Waals surface area contributed by atoms with Crippen molar-refractivity contribution < 1.29 is 13.6 Å². The predicted octanol–water partition coefficient (Wildman–Crippen LogP) is 4.97. The van der Waals surface area contributed by atoms with Crippen molar-refractivity contribution in [1.29, 1.82) is 0 Å². The number of fused-ring (bicyclic) bond motifs is 1. The van der Waals surface area contributed by atoms with Crippen LogP contribution in [-0.4, -0.2) is 17.9 Å². The molecule has 2 aliphatic carbocycles. The molecule has 0 radical (unpaired) electrons. The third-order valence-electron chi connectivity index (χ3n) is 5.79. The van der Waals surface area contributed by atoms with Crippen LogP contribution in [0.15, 0.2) is 18.2 Å². The Morgan fingerprint density at radius 3 is 2.74 bits per heavy atom. The predicted molar refractivity (Wildman–Crippen MR) is 101 cm³/mol. The van der Waals surface area contributed by atoms with E-state index in [4.69, 9.17) is 16.6 Å². The Kier molecular flexibility index (Phi) is 4.89. The summed E-state index contributed by atoms with van der Waals surface area (Å²) in [6.45, 7) is 2.67. The van der Waals surface area contributed by atoms with E-state index in [1.54, 1.807) is 0 Å². The minimum absolute atomic E-state index is 0.103. The Morgan fingerprint density at radius 1 is 1.26 bits per heavy atom. The van der Waals surface area contributed by atoms with Crippen molar-refractivity contribution in [1.82, 2.24) is 10.3 Å². The molecule has 2 atom stereocenters. The van der Waals surface area contributed by atoms with Crippen LogP contribution in [0, 0.1) is 17.6 Å². The number of halogens is 3. The second-order valence-electron chi connectivity index (χ2n) is 7.62. The maximum absolute atomic E-state index is 14.6. The van der Waals surface area contributed by atoms with Gasteiger partial charge in [0.25, 0.3) is 0 Å². The van der Waals surface area contributed by atoms with Gasteiger partial charge in [0.1, 0.15) is 11.6 Å². The number of carbonyl (C=O) groups is 1. The van der Waals surface area contributed by atoms with Gasteiger partial charge in [-0.3, -0.25) is 9.78 Å². The fourth-order valence-corrected chi connectivity index (χ4v) is 4.30. The van der Waals surface area contributed by atoms with E-state index in [9.17, 15) is 13.6 Å². The largest absolute Gasteiger partial charge is 0.358 e. The molecule has 1 amide bonds. The molecule has 1 fully saturated rings. The van der Waals surface area contributed by atoms with Crippen LogP contribution in [0.1, 0.15) is 54.8 Å². The lowest BCUT2D eigenvalue weighted by molar-refractivity contribution is -0.109. The van der Waals surface area contributed by atoms with E-state index < -0.39 is 11.6 Å². The first kappa shape index (κ1) is 18.4. The standard InChI is InChI=1S/C21H21ClF2N2O/c1-11-2-5-13-14(11)7-20(16(9-25-10-27)12-3-4-12)26-21(13)15-6-17(22)19(24)8-18(15)23/h6-8,10-12,16H,2-5,9H2,1H3,(H,25,27). The second-order valence-corrected chi connectivity index (χ2v) is 8.03. The average molecular weight is 391 g/mol. The van der Waals surface area contributed by atoms with E-state index in [0.29, 0.717) is 30.5 Å². The van der Waals surface area contributed by atoms with E-state index in [1.807, 2.05) is 0 Å². The molecular formula is C21H21ClF2N2O. The Labute approximate surface area is 162 Å². The molecule has 0 aliphatic heterocycles. The Bertz CT molecular complexity index is 898. The van der Waals surface area contributed by atoms with Crippen LogP contribution < -0.4 is 5.32 Å². The van der Waals surface area contributed by atoms with Gasteiger partial charge in [-0.25, -0.2) is 8.78 Å². The number of pyridine rings is 1. The van der Waals surface area contributed by atoms with E-state index in [2.05, 4.69) is 18.3 Å². The zero-order valence-corrected chi connectivity index (χ0v) is 15.8. The van der Waals surface area contributed by atoms with Gasteiger partial charge in [0.15, 0.2) is 0 Å². The third-order valence-corrected chi connectivity index (χ3v) is 6.08. The molecule has 1 N–H and O–H groups in total. The molecule has 0 spiro atoms. The number of amides is 1. The number of rotatable bonds is 6. The summed E-state index contributed by atoms with van der Waals surface area (Å²) in [5.74, 6) is -0.485. The molecule has 1 aromatic heterocycles. The van der Waals surface area contributed by atoms with E-state index in [-0.39, 0.29) is 16.5 Å². The first-order valence-corrected chi connectivity index (χ1v) is 9.73. The van der Waals surface area contributed by atoms with E-state index >= 15 is 0 Å². The van der Waals surface area contributed by atoms with Crippen LogP contribution in [0.5, 0.6) is 0 Å². The lowest BCUT2D eigenvalue weighted by Crippen LogP contribution is -2.22. The SMILES string of the molecule is CC1CCc2c1cc(C(CNC=O)C1CC1)nc2-c1cc(Cl)c(F)cc1F. The molecule has 6 heteroatoms. The van der Waals surface area contributed by atoms with Gasteiger partial charge >= 0.3 is 0 Å². The van der Waals surface area contributed by atoms with Crippen molar-refractivity contribution in [2.45, 2.75) is 44.4 Å². The fourth-order valence-electron chi connectivity index (χ4n) is 4.13. The number of carbonyl (C=O) groups excluding carboxylic acids is 1. The Hall–Kier alpha value is -2.01. The molecule has 1 heterocycles. The van der Waals surface area contributed by atoms with Gasteiger partial charge in [-0.1, -0.05) is 18.5 Å². The van der Waals surface area contributed by atoms with E-state index in [0.717, 1.165) is 43.0 Å². The topological polar surface area (TPSA) is 42.0 Å². The normalized spacial score (nSPS) is 19.6. The van der Waals surface area contributed by atoms with Gasteiger partial charge in [-0.15, -0.1) is 0 Å². The summed E-state index contributed by atoms with van der Waals surface area (Å²) in [5, 5.41) is 2.66. The highest BCUT2D eigenvalue weighted by Gasteiger charge is 2.35. The molecule has 2 aromatic rings. The molecule has 27 heavy (non-hydrogen) atoms. The molecule has 3 nitrogen and oxygen atoms in total. The van der Waals surface area contributed by atoms with Crippen LogP contribution in [0.25, 0.3) is 11.3 Å². The minimum atomic E-state index is -0.773. The lowest BCUT2D eigenvalue weighted by Gasteiger charge is -2.20. The first-order valence-electron chi connectivity index (χ1n) is 9.35. The number of aromatic nitrogens is 1. The molecule has 0 bridgehead atoms. The zero-order chi connectivity index (χ0) is 19.1. The highest BCUT2D eigenvalue weighted by atomic mass is 35.5. The van der Waals surface area contributed by atoms with Crippen molar-refractivity contribution in [3.8, 4) is 11.3 Å². The number of nitrogens with zero attached hydrogens (tertiary/aromatic N) is 1. The molecule has 0 saturated heterocycles. The number of hydrogen-bond donors (Lipinski definition) is 1. The molecule has 4 rings (SSSR count). The zero-order valence-electron chi connectivity index (χ0n) is 15.1. The molecule has 2 unspecified atom stereocenters. The maximum Gasteiger partial charge on any atom is 0.207 e. The van der Waals surface area contributed by atoms with Gasteiger partial charge < -0.3 is 5.32 Å². The number of hydrogen-bond acceptors (Lipinski definition) is 2. The van der Waals surface area contributed by atoms with Gasteiger partial charge in [-0.05, 0) is 60.8 Å². The Balaban J connectivity index is 1.86. The van der Waals surface area contributed by atoms with Crippen molar-refractivity contribution in [3.05, 3.63) is 51.7 Å². The quantitative estimate of drug-likeness (QED) is 0.559. The van der Waals surface area contributed by atoms with Crippen LogP contribution in [0.2, 0.25) is 5.02 Å². The van der Waals surface area contributed by atoms with Crippen molar-refractivity contribution in [2.75, 3.05) is 6.54 Å². The summed E-state index contributed by atoms with van der Waals surface area (Å²) < 4.78 is 28.2. The summed E-state index contributed by atoms with van der Waals surface area (Å²) in [7, 11) is 0. The summed E-state index contributed by atoms with van der Waals surface area (Å²) in [6, 6.07) is 4.27. The highest BCUT2D eigenvalue weighted by Crippen LogP contribution is 2.45. The minimum Gasteiger partial charge on any atom is -0.358 e. The number of benzene rings is 1. The van der Waals surface area contributed by atoms with E-state index in [1.165, 1.54) is 11.6 Å². The average Bonchev–Trinajstić information content (AvgIpc) is 3.41. The molecular weight excluding hydrogens is 370 g/mol. The van der Waals surface area contributed by atoms with Gasteiger partial charge in [-0.2, -0.15) is 0 Å². The molecule has 1 saturated carbocycles. The van der Waals surface area contributed by atoms with Crippen LogP contribution >= 0.6 is 11.6 Å². The summed E-state index contributed by atoms with van der Waals surface area (Å²) in [6.07, 6.45) is 4.70. The monoisotopic (exact) mass is 390 g/mol. The smallest absolute Gasteiger partial charge is 0.207 e. The van der Waals surface area contributed by atoms with Crippen LogP contribution in [-0.2, 0) is 11.2 Å². The van der Waals surface area contributed by atoms with Crippen LogP contribution in [0.4, 0.5) is 8.78 Å². The summed E-state index contributed by atoms with van der Waals surface area (Å²) in [5.41, 5.74) is 3.86. The fraction of sp³-hybridized carbons (Fsp3) is 0.429. The molecule has 142 valence electrons. The third kappa shape index (κ3) is 3.45. The highest BCUT2D eigenvalue weighted by molar-refractivity contribution is 6.31. The number of nitrogens with one attached hydrogen (secondary N) is 1. The van der Waals surface area contributed by atoms with Gasteiger partial charge in [0.2, 0.25) is 6.41 Å². The van der Waals surface area contributed by atoms with Gasteiger partial charge in [0.05, 0.1) is 10.7 Å². The van der Waals surface area contributed by atoms with Crippen molar-refractivity contribution >= 4 is 18.0 Å². The molecule has 2 aliphatic rings. The second kappa shape index (κ2) is 7.19. The van der Waals surface area contributed by atoms with Crippen molar-refractivity contribution in [2.24, 2.45) is 5.92 Å². The maximum atomic E-state index is 14.6. The van der Waals surface area contributed by atoms with Crippen molar-refractivity contribution in [3.63, 3.8) is 0 Å². The molecule has 1 aromatic carbocycles. The Morgan fingerprint density at radius 2 is 2.04 bits per heavy atom. The summed E-state index contributed by atoms with van der Waals surface area (Å²) >= 11 is 5.93. The van der Waals surface area contributed by atoms with Gasteiger partial charge in [0, 0.05) is 29.8 Å². The lowest BCUT2D eigenvalue weighted by atomic mass is 9.92.